The van der Waals surface area contributed by atoms with Crippen molar-refractivity contribution in [1.82, 2.24) is 9.97 Å². The zero-order valence-electron chi connectivity index (χ0n) is 22.3. The zero-order valence-corrected chi connectivity index (χ0v) is 25.7. The molecule has 3 aromatic carbocycles. The van der Waals surface area contributed by atoms with Crippen molar-refractivity contribution >= 4 is 35.2 Å². The molecule has 0 N–H and O–H groups in total. The molecule has 0 bridgehead atoms. The van der Waals surface area contributed by atoms with Gasteiger partial charge in [0, 0.05) is 46.0 Å². The van der Waals surface area contributed by atoms with Crippen LogP contribution in [0.15, 0.2) is 95.7 Å². The fourth-order valence-electron chi connectivity index (χ4n) is 4.47. The third-order valence-corrected chi connectivity index (χ3v) is 8.41. The summed E-state index contributed by atoms with van der Waals surface area (Å²) in [4.78, 5) is 8.90. The number of hydrogen-bond acceptors (Lipinski definition) is 3. The molecule has 6 aromatic rings. The first-order chi connectivity index (χ1) is 17.8. The molecule has 0 spiro atoms. The van der Waals surface area contributed by atoms with Crippen LogP contribution >= 0.6 is 0 Å². The summed E-state index contributed by atoms with van der Waals surface area (Å²) in [5.41, 5.74) is 8.09. The summed E-state index contributed by atoms with van der Waals surface area (Å²) in [5.74, 6) is 0. The number of para-hydroxylation sites is 1. The second-order valence-corrected chi connectivity index (χ2v) is 15.3. The maximum Gasteiger partial charge on any atom is 0.120 e. The quantitative estimate of drug-likeness (QED) is 0.139. The van der Waals surface area contributed by atoms with Crippen molar-refractivity contribution in [1.29, 1.82) is 0 Å². The summed E-state index contributed by atoms with van der Waals surface area (Å²) in [5, 5.41) is 3.82. The summed E-state index contributed by atoms with van der Waals surface area (Å²) < 4.78 is 6.28. The number of benzene rings is 3. The molecule has 1 radical (unpaired) electrons. The van der Waals surface area contributed by atoms with Crippen molar-refractivity contribution in [2.24, 2.45) is 0 Å². The van der Waals surface area contributed by atoms with Crippen LogP contribution in [0.25, 0.3) is 44.5 Å². The maximum absolute atomic E-state index is 6.28. The fraction of sp³-hybridized carbons (Fsp3) is 0.152. The smallest absolute Gasteiger partial charge is 0.120 e. The van der Waals surface area contributed by atoms with Gasteiger partial charge in [0.05, 0.1) is 5.58 Å². The van der Waals surface area contributed by atoms with Gasteiger partial charge in [-0.1, -0.05) is 72.6 Å². The maximum atomic E-state index is 6.28. The van der Waals surface area contributed by atoms with Crippen molar-refractivity contribution in [3.8, 4) is 22.5 Å². The van der Waals surface area contributed by atoms with Gasteiger partial charge in [-0.3, -0.25) is 0 Å². The van der Waals surface area contributed by atoms with E-state index < -0.39 is 8.07 Å². The largest absolute Gasteiger partial charge is 0.501 e. The monoisotopic (exact) mass is 691 g/mol. The van der Waals surface area contributed by atoms with E-state index >= 15 is 0 Å². The van der Waals surface area contributed by atoms with Gasteiger partial charge >= 0.3 is 0 Å². The Balaban J connectivity index is 0.000000204. The molecule has 193 valence electrons. The number of furan rings is 1. The van der Waals surface area contributed by atoms with Gasteiger partial charge in [-0.05, 0) is 42.9 Å². The SMILES string of the molecule is Cc1ccc(-c2[c-]cccc2)nc1.Cc1cccnc1-c1[c-]cc([Si](C)(C)C)c2c1oc1ccccc12.[Ir]. The van der Waals surface area contributed by atoms with E-state index in [0.29, 0.717) is 0 Å². The number of pyridine rings is 2. The number of aryl methyl sites for hydroxylation is 2. The van der Waals surface area contributed by atoms with Crippen molar-refractivity contribution in [3.63, 3.8) is 0 Å². The van der Waals surface area contributed by atoms with Crippen LogP contribution in [0.1, 0.15) is 11.1 Å². The van der Waals surface area contributed by atoms with Crippen LogP contribution in [0.4, 0.5) is 0 Å². The van der Waals surface area contributed by atoms with E-state index in [4.69, 9.17) is 4.42 Å². The molecule has 38 heavy (non-hydrogen) atoms. The van der Waals surface area contributed by atoms with Crippen LogP contribution < -0.4 is 5.19 Å². The summed E-state index contributed by atoms with van der Waals surface area (Å²) in [6, 6.07) is 33.1. The molecule has 6 rings (SSSR count). The standard InChI is InChI=1S/C21H20NOSi.C12H10N.Ir/c1-14-8-7-13-22-20(14)16-11-12-18(24(2,3)4)19-15-9-5-6-10-17(15)23-21(16)19;1-10-7-8-12(13-9-10)11-5-3-2-4-6-11;/h5-10,12-13H,1-4H3;2-5,7-9H,1H3;/q2*-1;. The minimum Gasteiger partial charge on any atom is -0.501 e. The minimum atomic E-state index is -1.53. The Morgan fingerprint density at radius 1 is 0.816 bits per heavy atom. The first-order valence-electron chi connectivity index (χ1n) is 12.5. The Labute approximate surface area is 239 Å². The van der Waals surface area contributed by atoms with E-state index in [0.717, 1.165) is 39.2 Å². The van der Waals surface area contributed by atoms with Gasteiger partial charge in [0.25, 0.3) is 0 Å². The first kappa shape index (κ1) is 27.7. The van der Waals surface area contributed by atoms with Crippen molar-refractivity contribution < 1.29 is 24.5 Å². The molecule has 3 aromatic heterocycles. The molecule has 3 heterocycles. The van der Waals surface area contributed by atoms with Crippen LogP contribution in [-0.4, -0.2) is 18.0 Å². The number of rotatable bonds is 3. The average molecular weight is 691 g/mol. The number of fused-ring (bicyclic) bond motifs is 3. The third-order valence-electron chi connectivity index (χ3n) is 6.40. The molecule has 0 saturated heterocycles. The molecule has 0 aliphatic carbocycles. The van der Waals surface area contributed by atoms with Gasteiger partial charge in [-0.2, -0.15) is 0 Å². The van der Waals surface area contributed by atoms with Crippen molar-refractivity contribution in [2.75, 3.05) is 0 Å². The van der Waals surface area contributed by atoms with Crippen LogP contribution in [0.5, 0.6) is 0 Å². The third kappa shape index (κ3) is 5.71. The Morgan fingerprint density at radius 3 is 2.29 bits per heavy atom. The molecule has 0 atom stereocenters. The van der Waals surface area contributed by atoms with Crippen LogP contribution in [-0.2, 0) is 20.1 Å². The first-order valence-corrected chi connectivity index (χ1v) is 16.0. The fourth-order valence-corrected chi connectivity index (χ4v) is 5.97. The predicted octanol–water partition coefficient (Wildman–Crippen LogP) is 8.16. The summed E-state index contributed by atoms with van der Waals surface area (Å²) in [6.45, 7) is 11.2. The van der Waals surface area contributed by atoms with Crippen molar-refractivity contribution in [3.05, 3.63) is 115 Å². The van der Waals surface area contributed by atoms with E-state index in [1.807, 2.05) is 67.8 Å². The normalized spacial score (nSPS) is 11.1. The zero-order chi connectivity index (χ0) is 26.0. The summed E-state index contributed by atoms with van der Waals surface area (Å²) >= 11 is 0. The molecular weight excluding hydrogens is 661 g/mol. The predicted molar refractivity (Wildman–Crippen MR) is 157 cm³/mol. The van der Waals surface area contributed by atoms with E-state index in [-0.39, 0.29) is 20.1 Å². The second kappa shape index (κ2) is 11.6. The van der Waals surface area contributed by atoms with Crippen LogP contribution in [0.3, 0.4) is 0 Å². The van der Waals surface area contributed by atoms with Crippen LogP contribution in [0, 0.1) is 26.0 Å². The van der Waals surface area contributed by atoms with E-state index in [2.05, 4.69) is 79.0 Å². The molecule has 0 unspecified atom stereocenters. The molecule has 0 aliphatic heterocycles. The average Bonchev–Trinajstić information content (AvgIpc) is 3.29. The van der Waals surface area contributed by atoms with Gasteiger partial charge in [0.2, 0.25) is 0 Å². The van der Waals surface area contributed by atoms with Crippen LogP contribution in [0.2, 0.25) is 19.6 Å². The molecule has 0 aliphatic rings. The van der Waals surface area contributed by atoms with Crippen molar-refractivity contribution in [2.45, 2.75) is 33.5 Å². The Hall–Kier alpha value is -3.37. The molecule has 3 nitrogen and oxygen atoms in total. The second-order valence-electron chi connectivity index (χ2n) is 10.3. The van der Waals surface area contributed by atoms with Gasteiger partial charge < -0.3 is 14.4 Å². The molecule has 0 fully saturated rings. The number of hydrogen-bond donors (Lipinski definition) is 0. The Bertz CT molecular complexity index is 1670. The van der Waals surface area contributed by atoms with Gasteiger partial charge in [0.15, 0.2) is 0 Å². The van der Waals surface area contributed by atoms with Gasteiger partial charge in [-0.25, -0.2) is 0 Å². The van der Waals surface area contributed by atoms with Gasteiger partial charge in [-0.15, -0.1) is 53.2 Å². The molecule has 5 heteroatoms. The van der Waals surface area contributed by atoms with E-state index in [1.54, 1.807) is 0 Å². The molecule has 0 amide bonds. The summed E-state index contributed by atoms with van der Waals surface area (Å²) in [6.07, 6.45) is 3.70. The molecular formula is C33H30IrN2OSi-2. The summed E-state index contributed by atoms with van der Waals surface area (Å²) in [7, 11) is -1.53. The number of aromatic nitrogens is 2. The number of nitrogens with zero attached hydrogens (tertiary/aromatic N) is 2. The van der Waals surface area contributed by atoms with Gasteiger partial charge in [0.1, 0.15) is 5.58 Å². The topological polar surface area (TPSA) is 38.9 Å². The van der Waals surface area contributed by atoms with E-state index in [9.17, 15) is 0 Å². The minimum absolute atomic E-state index is 0. The van der Waals surface area contributed by atoms with E-state index in [1.165, 1.54) is 21.5 Å². The Morgan fingerprint density at radius 2 is 1.61 bits per heavy atom. The molecule has 0 saturated carbocycles. The Kier molecular flexibility index (Phi) is 8.42.